The lowest BCUT2D eigenvalue weighted by molar-refractivity contribution is -0.130. The molecule has 2 unspecified atom stereocenters. The Morgan fingerprint density at radius 2 is 1.36 bits per heavy atom. The Morgan fingerprint density at radius 3 is 1.68 bits per heavy atom. The monoisotopic (exact) mass is 361 g/mol. The van der Waals surface area contributed by atoms with Crippen molar-refractivity contribution < 1.29 is 40.3 Å². The maximum absolute atomic E-state index is 11.8. The molecule has 12 nitrogen and oxygen atoms in total. The molecule has 0 aromatic carbocycles. The highest BCUT2D eigenvalue weighted by molar-refractivity contribution is 7.86. The van der Waals surface area contributed by atoms with Gasteiger partial charge in [0.15, 0.2) is 0 Å². The fourth-order valence-corrected chi connectivity index (χ4v) is 2.64. The number of carbonyl (C=O) groups excluding carboxylic acids is 3. The molecular weight excluding hydrogens is 346 g/mol. The Bertz CT molecular complexity index is 654. The maximum Gasteiger partial charge on any atom is 0.267 e. The first-order valence-corrected chi connectivity index (χ1v) is 8.70. The lowest BCUT2D eigenvalue weighted by atomic mass is 10.2. The molecule has 3 amide bonds. The summed E-state index contributed by atoms with van der Waals surface area (Å²) < 4.78 is 60.3. The van der Waals surface area contributed by atoms with Crippen molar-refractivity contribution in [3.8, 4) is 0 Å². The van der Waals surface area contributed by atoms with E-state index in [0.717, 1.165) is 6.92 Å². The molecule has 0 saturated carbocycles. The summed E-state index contributed by atoms with van der Waals surface area (Å²) in [5.41, 5.74) is 4.84. The van der Waals surface area contributed by atoms with Gasteiger partial charge in [0.25, 0.3) is 20.2 Å². The zero-order valence-electron chi connectivity index (χ0n) is 11.2. The van der Waals surface area contributed by atoms with E-state index in [4.69, 9.17) is 14.8 Å². The molecule has 0 saturated heterocycles. The molecule has 0 aliphatic rings. The summed E-state index contributed by atoms with van der Waals surface area (Å²) in [4.78, 5) is 33.7. The van der Waals surface area contributed by atoms with Crippen molar-refractivity contribution >= 4 is 38.0 Å². The maximum atomic E-state index is 11.8. The van der Waals surface area contributed by atoms with Gasteiger partial charge in [0.2, 0.25) is 17.7 Å². The van der Waals surface area contributed by atoms with Gasteiger partial charge in [-0.1, -0.05) is 0 Å². The Hall–Kier alpha value is -1.77. The number of rotatable bonds is 8. The number of nitrogens with two attached hydrogens (primary N) is 1. The van der Waals surface area contributed by atoms with Crippen LogP contribution in [0.15, 0.2) is 0 Å². The smallest absolute Gasteiger partial charge is 0.267 e. The van der Waals surface area contributed by atoms with E-state index in [0.29, 0.717) is 0 Å². The van der Waals surface area contributed by atoms with E-state index in [2.05, 4.69) is 0 Å². The van der Waals surface area contributed by atoms with E-state index in [1.807, 2.05) is 5.32 Å². The van der Waals surface area contributed by atoms with E-state index < -0.39 is 61.5 Å². The molecule has 14 heteroatoms. The molecule has 6 N–H and O–H groups in total. The van der Waals surface area contributed by atoms with Gasteiger partial charge in [-0.25, -0.2) is 0 Å². The summed E-state index contributed by atoms with van der Waals surface area (Å²) in [5.74, 6) is -5.89. The van der Waals surface area contributed by atoms with E-state index in [1.54, 1.807) is 5.32 Å². The fraction of sp³-hybridized carbons (Fsp3) is 0.625. The van der Waals surface area contributed by atoms with Crippen LogP contribution in [0.5, 0.6) is 0 Å². The van der Waals surface area contributed by atoms with Crippen LogP contribution in [0.1, 0.15) is 6.92 Å². The minimum absolute atomic E-state index is 0.825. The first-order valence-electron chi connectivity index (χ1n) is 5.48. The molecule has 0 bridgehead atoms. The van der Waals surface area contributed by atoms with Crippen LogP contribution in [0, 0.1) is 0 Å². The fourth-order valence-electron chi connectivity index (χ4n) is 1.32. The molecule has 22 heavy (non-hydrogen) atoms. The normalized spacial score (nSPS) is 14.7. The summed E-state index contributed by atoms with van der Waals surface area (Å²) in [6, 6.07) is -3.66. The van der Waals surface area contributed by atoms with Crippen LogP contribution in [-0.4, -0.2) is 67.3 Å². The Balaban J connectivity index is 5.20. The minimum Gasteiger partial charge on any atom is -0.368 e. The quantitative estimate of drug-likeness (QED) is 0.268. The number of amides is 3. The average molecular weight is 361 g/mol. The highest BCUT2D eigenvalue weighted by Gasteiger charge is 2.30. The lowest BCUT2D eigenvalue weighted by Gasteiger charge is -2.19. The Kier molecular flexibility index (Phi) is 6.88. The van der Waals surface area contributed by atoms with Crippen molar-refractivity contribution in [1.29, 1.82) is 0 Å². The summed E-state index contributed by atoms with van der Waals surface area (Å²) in [6.45, 7) is 0.952. The van der Waals surface area contributed by atoms with Crippen LogP contribution in [-0.2, 0) is 34.6 Å². The topological polar surface area (TPSA) is 210 Å². The lowest BCUT2D eigenvalue weighted by Crippen LogP contribution is -2.56. The van der Waals surface area contributed by atoms with Crippen molar-refractivity contribution in [2.45, 2.75) is 19.0 Å². The summed E-state index contributed by atoms with van der Waals surface area (Å²) >= 11 is 0. The third kappa shape index (κ3) is 9.22. The second-order valence-corrected chi connectivity index (χ2v) is 7.21. The second-order valence-electron chi connectivity index (χ2n) is 4.21. The highest BCUT2D eigenvalue weighted by atomic mass is 32.2. The largest absolute Gasteiger partial charge is 0.368 e. The van der Waals surface area contributed by atoms with Gasteiger partial charge in [-0.2, -0.15) is 16.8 Å². The van der Waals surface area contributed by atoms with Crippen LogP contribution in [0.2, 0.25) is 0 Å². The Labute approximate surface area is 125 Å². The van der Waals surface area contributed by atoms with Crippen LogP contribution in [0.25, 0.3) is 0 Å². The van der Waals surface area contributed by atoms with Gasteiger partial charge >= 0.3 is 0 Å². The zero-order chi connectivity index (χ0) is 17.7. The van der Waals surface area contributed by atoms with Crippen molar-refractivity contribution in [1.82, 2.24) is 10.6 Å². The van der Waals surface area contributed by atoms with E-state index >= 15 is 0 Å². The molecule has 0 aromatic heterocycles. The van der Waals surface area contributed by atoms with Crippen molar-refractivity contribution in [2.75, 3.05) is 11.5 Å². The summed E-state index contributed by atoms with van der Waals surface area (Å²) in [6.07, 6.45) is 0. The van der Waals surface area contributed by atoms with Gasteiger partial charge in [-0.3, -0.25) is 23.5 Å². The first-order chi connectivity index (χ1) is 9.71. The number of nitrogens with one attached hydrogen (secondary N) is 2. The number of primary amides is 1. The van der Waals surface area contributed by atoms with Crippen LogP contribution in [0.4, 0.5) is 0 Å². The van der Waals surface area contributed by atoms with E-state index in [1.165, 1.54) is 0 Å². The van der Waals surface area contributed by atoms with Crippen LogP contribution in [0.3, 0.4) is 0 Å². The molecule has 0 aliphatic heterocycles. The molecular formula is C8H15N3O9S2. The van der Waals surface area contributed by atoms with Gasteiger partial charge in [-0.05, 0) is 0 Å². The predicted molar refractivity (Wildman–Crippen MR) is 71.6 cm³/mol. The molecule has 0 heterocycles. The van der Waals surface area contributed by atoms with Gasteiger partial charge in [0, 0.05) is 6.92 Å². The second kappa shape index (κ2) is 7.48. The molecule has 0 rings (SSSR count). The van der Waals surface area contributed by atoms with Crippen molar-refractivity contribution in [3.63, 3.8) is 0 Å². The first kappa shape index (κ1) is 20.2. The van der Waals surface area contributed by atoms with Crippen LogP contribution >= 0.6 is 0 Å². The molecule has 2 atom stereocenters. The number of hydrogen-bond donors (Lipinski definition) is 5. The molecule has 0 spiro atoms. The average Bonchev–Trinajstić information content (AvgIpc) is 2.22. The zero-order valence-corrected chi connectivity index (χ0v) is 12.8. The standard InChI is InChI=1S/C8H15N3O9S2/c1-4(12)10-6(3-22(18,19)20)8(14)11-5(7(9)13)2-21(15,16)17/h5-6H,2-3H2,1H3,(H2,9,13)(H,10,12)(H,11,14)(H,15,16,17)(H,18,19,20). The molecule has 0 radical (unpaired) electrons. The molecule has 0 aliphatic carbocycles. The van der Waals surface area contributed by atoms with Gasteiger partial charge in [0.05, 0.1) is 0 Å². The third-order valence-corrected chi connectivity index (χ3v) is 3.62. The third-order valence-electron chi connectivity index (χ3n) is 2.11. The molecule has 0 fully saturated rings. The van der Waals surface area contributed by atoms with Crippen molar-refractivity contribution in [2.24, 2.45) is 5.73 Å². The number of hydrogen-bond acceptors (Lipinski definition) is 7. The summed E-state index contributed by atoms with van der Waals surface area (Å²) in [5, 5.41) is 3.65. The van der Waals surface area contributed by atoms with Crippen molar-refractivity contribution in [3.05, 3.63) is 0 Å². The Morgan fingerprint density at radius 1 is 0.955 bits per heavy atom. The van der Waals surface area contributed by atoms with Gasteiger partial charge < -0.3 is 16.4 Å². The van der Waals surface area contributed by atoms with E-state index in [9.17, 15) is 31.2 Å². The number of carbonyl (C=O) groups is 3. The summed E-state index contributed by atoms with van der Waals surface area (Å²) in [7, 11) is -9.33. The SMILES string of the molecule is CC(=O)NC(CS(=O)(=O)O)C(=O)NC(CS(=O)(=O)O)C(N)=O. The minimum atomic E-state index is -4.67. The van der Waals surface area contributed by atoms with E-state index in [-0.39, 0.29) is 0 Å². The predicted octanol–water partition coefficient (Wildman–Crippen LogP) is -3.76. The van der Waals surface area contributed by atoms with Gasteiger partial charge in [0.1, 0.15) is 23.6 Å². The molecule has 0 aromatic rings. The van der Waals surface area contributed by atoms with Gasteiger partial charge in [-0.15, -0.1) is 0 Å². The highest BCUT2D eigenvalue weighted by Crippen LogP contribution is 1.96. The van der Waals surface area contributed by atoms with Crippen LogP contribution < -0.4 is 16.4 Å². The molecule has 128 valence electrons.